The highest BCUT2D eigenvalue weighted by Crippen LogP contribution is 2.34. The van der Waals surface area contributed by atoms with E-state index in [9.17, 15) is 18.4 Å². The van der Waals surface area contributed by atoms with E-state index in [0.717, 1.165) is 18.2 Å². The summed E-state index contributed by atoms with van der Waals surface area (Å²) in [5, 5.41) is 2.85. The average Bonchev–Trinajstić information content (AvgIpc) is 2.68. The molecular weight excluding hydrogens is 428 g/mol. The Balaban J connectivity index is 1.84. The molecule has 1 unspecified atom stereocenters. The molecule has 2 heterocycles. The van der Waals surface area contributed by atoms with Crippen molar-refractivity contribution in [3.05, 3.63) is 52.2 Å². The molecule has 31 heavy (non-hydrogen) atoms. The first-order valence-corrected chi connectivity index (χ1v) is 10.3. The van der Waals surface area contributed by atoms with Crippen LogP contribution in [0.2, 0.25) is 5.02 Å². The summed E-state index contributed by atoms with van der Waals surface area (Å²) in [5.74, 6) is -1.60. The largest absolute Gasteiger partial charge is 0.454 e. The summed E-state index contributed by atoms with van der Waals surface area (Å²) in [6.07, 6.45) is 0.416. The quantitative estimate of drug-likeness (QED) is 0.655. The fourth-order valence-electron chi connectivity index (χ4n) is 3.54. The zero-order chi connectivity index (χ0) is 22.8. The SMILES string of the molecule is CC(C)(C)C(OC=O)C(=O)Nc1nc2c(cc1Cl)N(Cc1ccc(F)cc1F)CCC2. The molecule has 0 fully saturated rings. The number of carbonyl (C=O) groups excluding carboxylic acids is 2. The van der Waals surface area contributed by atoms with Crippen molar-refractivity contribution in [2.75, 3.05) is 16.8 Å². The number of fused-ring (bicyclic) bond motifs is 1. The summed E-state index contributed by atoms with van der Waals surface area (Å²) in [7, 11) is 0. The Morgan fingerprint density at radius 2 is 2.10 bits per heavy atom. The van der Waals surface area contributed by atoms with Crippen LogP contribution in [0.3, 0.4) is 0 Å². The van der Waals surface area contributed by atoms with Crippen molar-refractivity contribution in [2.24, 2.45) is 5.41 Å². The molecule has 0 aliphatic carbocycles. The number of carbonyl (C=O) groups is 2. The molecule has 2 aromatic rings. The third-order valence-corrected chi connectivity index (χ3v) is 5.34. The number of nitrogens with one attached hydrogen (secondary N) is 1. The van der Waals surface area contributed by atoms with Crippen molar-refractivity contribution in [3.63, 3.8) is 0 Å². The topological polar surface area (TPSA) is 71.5 Å². The molecule has 3 rings (SSSR count). The predicted molar refractivity (Wildman–Crippen MR) is 114 cm³/mol. The molecule has 9 heteroatoms. The summed E-state index contributed by atoms with van der Waals surface area (Å²) >= 11 is 6.38. The second-order valence-electron chi connectivity index (χ2n) is 8.51. The molecule has 1 N–H and O–H groups in total. The fourth-order valence-corrected chi connectivity index (χ4v) is 3.73. The van der Waals surface area contributed by atoms with Crippen LogP contribution in [-0.2, 0) is 27.3 Å². The van der Waals surface area contributed by atoms with Crippen LogP contribution >= 0.6 is 11.6 Å². The van der Waals surface area contributed by atoms with Crippen LogP contribution in [0.15, 0.2) is 24.3 Å². The van der Waals surface area contributed by atoms with E-state index in [4.69, 9.17) is 16.3 Å². The molecule has 6 nitrogen and oxygen atoms in total. The standard InChI is InChI=1S/C22H24ClF2N3O3/c1-22(2,3)19(31-12-29)21(30)27-20-15(23)10-18-17(26-20)5-4-8-28(18)11-13-6-7-14(24)9-16(13)25/h6-7,9-10,12,19H,4-5,8,11H2,1-3H3,(H,26,27,30). The van der Waals surface area contributed by atoms with Gasteiger partial charge in [0, 0.05) is 30.1 Å². The third-order valence-electron chi connectivity index (χ3n) is 5.05. The van der Waals surface area contributed by atoms with Crippen molar-refractivity contribution < 1.29 is 23.1 Å². The van der Waals surface area contributed by atoms with Crippen molar-refractivity contribution in [2.45, 2.75) is 46.3 Å². The Hall–Kier alpha value is -2.74. The van der Waals surface area contributed by atoms with E-state index in [0.29, 0.717) is 24.2 Å². The maximum absolute atomic E-state index is 14.1. The Labute approximate surface area is 184 Å². The van der Waals surface area contributed by atoms with E-state index in [-0.39, 0.29) is 23.9 Å². The number of rotatable bonds is 6. The summed E-state index contributed by atoms with van der Waals surface area (Å²) in [6, 6.07) is 5.17. The first-order valence-electron chi connectivity index (χ1n) is 9.88. The van der Waals surface area contributed by atoms with Gasteiger partial charge < -0.3 is 15.0 Å². The summed E-state index contributed by atoms with van der Waals surface area (Å²) in [6.45, 7) is 6.46. The number of benzene rings is 1. The number of aromatic nitrogens is 1. The lowest BCUT2D eigenvalue weighted by Crippen LogP contribution is -2.41. The molecule has 1 aliphatic rings. The Morgan fingerprint density at radius 3 is 2.74 bits per heavy atom. The van der Waals surface area contributed by atoms with Crippen LogP contribution in [0.25, 0.3) is 0 Å². The molecule has 1 aromatic carbocycles. The van der Waals surface area contributed by atoms with Gasteiger partial charge in [0.05, 0.1) is 16.4 Å². The Morgan fingerprint density at radius 1 is 1.35 bits per heavy atom. The third kappa shape index (κ3) is 5.31. The molecule has 0 bridgehead atoms. The molecule has 0 saturated heterocycles. The molecule has 1 aliphatic heterocycles. The number of aryl methyl sites for hydroxylation is 1. The minimum absolute atomic E-state index is 0.170. The molecule has 166 valence electrons. The lowest BCUT2D eigenvalue weighted by atomic mass is 9.88. The highest BCUT2D eigenvalue weighted by atomic mass is 35.5. The first-order chi connectivity index (χ1) is 14.6. The van der Waals surface area contributed by atoms with Gasteiger partial charge in [-0.15, -0.1) is 0 Å². The van der Waals surface area contributed by atoms with E-state index in [1.54, 1.807) is 26.8 Å². The summed E-state index contributed by atoms with van der Waals surface area (Å²) in [5.41, 5.74) is 1.18. The molecule has 0 spiro atoms. The maximum atomic E-state index is 14.1. The highest BCUT2D eigenvalue weighted by molar-refractivity contribution is 6.33. The van der Waals surface area contributed by atoms with Crippen LogP contribution in [0.1, 0.15) is 38.4 Å². The zero-order valence-electron chi connectivity index (χ0n) is 17.5. The van der Waals surface area contributed by atoms with Crippen LogP contribution < -0.4 is 10.2 Å². The van der Waals surface area contributed by atoms with E-state index in [1.807, 2.05) is 4.90 Å². The molecule has 1 atom stereocenters. The Bertz CT molecular complexity index is 995. The van der Waals surface area contributed by atoms with Gasteiger partial charge in [0.15, 0.2) is 11.9 Å². The number of hydrogen-bond donors (Lipinski definition) is 1. The van der Waals surface area contributed by atoms with Gasteiger partial charge in [-0.2, -0.15) is 0 Å². The molecule has 0 saturated carbocycles. The maximum Gasteiger partial charge on any atom is 0.293 e. The summed E-state index contributed by atoms with van der Waals surface area (Å²) in [4.78, 5) is 29.9. The highest BCUT2D eigenvalue weighted by Gasteiger charge is 2.34. The fraction of sp³-hybridized carbons (Fsp3) is 0.409. The number of halogens is 3. The number of hydrogen-bond acceptors (Lipinski definition) is 5. The average molecular weight is 452 g/mol. The van der Waals surface area contributed by atoms with Crippen molar-refractivity contribution in [1.82, 2.24) is 4.98 Å². The lowest BCUT2D eigenvalue weighted by Gasteiger charge is -2.32. The van der Waals surface area contributed by atoms with E-state index in [2.05, 4.69) is 10.3 Å². The Kier molecular flexibility index (Phi) is 6.79. The zero-order valence-corrected chi connectivity index (χ0v) is 18.3. The minimum Gasteiger partial charge on any atom is -0.454 e. The number of ether oxygens (including phenoxy) is 1. The van der Waals surface area contributed by atoms with Gasteiger partial charge in [0.2, 0.25) is 0 Å². The van der Waals surface area contributed by atoms with Crippen molar-refractivity contribution in [1.29, 1.82) is 0 Å². The van der Waals surface area contributed by atoms with Gasteiger partial charge in [-0.3, -0.25) is 9.59 Å². The van der Waals surface area contributed by atoms with Crippen LogP contribution in [0.4, 0.5) is 20.3 Å². The normalized spacial score (nSPS) is 14.6. The van der Waals surface area contributed by atoms with E-state index in [1.165, 1.54) is 12.1 Å². The van der Waals surface area contributed by atoms with E-state index >= 15 is 0 Å². The second kappa shape index (κ2) is 9.18. The molecule has 0 radical (unpaired) electrons. The minimum atomic E-state index is -1.02. The van der Waals surface area contributed by atoms with Gasteiger partial charge in [-0.1, -0.05) is 38.4 Å². The number of pyridine rings is 1. The van der Waals surface area contributed by atoms with Crippen molar-refractivity contribution >= 4 is 35.5 Å². The van der Waals surface area contributed by atoms with Crippen LogP contribution in [0, 0.1) is 17.0 Å². The summed E-state index contributed by atoms with van der Waals surface area (Å²) < 4.78 is 32.3. The monoisotopic (exact) mass is 451 g/mol. The predicted octanol–water partition coefficient (Wildman–Crippen LogP) is 4.49. The number of amides is 1. The number of nitrogens with zero attached hydrogens (tertiary/aromatic N) is 2. The van der Waals surface area contributed by atoms with Crippen LogP contribution in [-0.4, -0.2) is 30.0 Å². The number of anilines is 2. The van der Waals surface area contributed by atoms with Gasteiger partial charge in [0.1, 0.15) is 11.6 Å². The smallest absolute Gasteiger partial charge is 0.293 e. The van der Waals surface area contributed by atoms with E-state index < -0.39 is 29.1 Å². The van der Waals surface area contributed by atoms with Gasteiger partial charge in [-0.25, -0.2) is 13.8 Å². The van der Waals surface area contributed by atoms with Gasteiger partial charge >= 0.3 is 0 Å². The first kappa shape index (κ1) is 22.9. The lowest BCUT2D eigenvalue weighted by molar-refractivity contribution is -0.148. The van der Waals surface area contributed by atoms with Gasteiger partial charge in [-0.05, 0) is 25.0 Å². The van der Waals surface area contributed by atoms with Gasteiger partial charge in [0.25, 0.3) is 12.4 Å². The molecular formula is C22H24ClF2N3O3. The molecule has 1 amide bonds. The second-order valence-corrected chi connectivity index (χ2v) is 8.92. The molecule has 1 aromatic heterocycles. The van der Waals surface area contributed by atoms with Crippen LogP contribution in [0.5, 0.6) is 0 Å². The van der Waals surface area contributed by atoms with Crippen molar-refractivity contribution in [3.8, 4) is 0 Å².